The molecule has 0 N–H and O–H groups in total. The summed E-state index contributed by atoms with van der Waals surface area (Å²) in [5, 5.41) is 21.3. The van der Waals surface area contributed by atoms with Crippen LogP contribution >= 0.6 is 34.4 Å². The average molecular weight is 555 g/mol. The molecule has 0 atom stereocenters. The van der Waals surface area contributed by atoms with E-state index in [9.17, 15) is 0 Å². The van der Waals surface area contributed by atoms with Gasteiger partial charge >= 0.3 is 0 Å². The SMILES string of the molecule is c1ccc2c(C3=C(c4ccon4)N(c4nsc5ccccc45)N(c4ccsn4)N3c3nccs3)noc2c1. The minimum absolute atomic E-state index is 0.600. The molecule has 184 valence electrons. The summed E-state index contributed by atoms with van der Waals surface area (Å²) in [7, 11) is 0. The van der Waals surface area contributed by atoms with Crippen LogP contribution in [0.1, 0.15) is 11.4 Å². The highest BCUT2D eigenvalue weighted by Crippen LogP contribution is 2.49. The molecule has 0 spiro atoms. The van der Waals surface area contributed by atoms with Crippen molar-refractivity contribution in [3.8, 4) is 0 Å². The van der Waals surface area contributed by atoms with E-state index in [1.807, 2.05) is 74.4 Å². The fourth-order valence-corrected chi connectivity index (χ4v) is 6.42. The zero-order chi connectivity index (χ0) is 25.1. The summed E-state index contributed by atoms with van der Waals surface area (Å²) in [6.45, 7) is 0. The van der Waals surface area contributed by atoms with Crippen molar-refractivity contribution in [3.63, 3.8) is 0 Å². The topological polar surface area (TPSA) is 100 Å². The predicted molar refractivity (Wildman–Crippen MR) is 149 cm³/mol. The van der Waals surface area contributed by atoms with Crippen molar-refractivity contribution in [1.29, 1.82) is 0 Å². The first-order valence-electron chi connectivity index (χ1n) is 11.4. The van der Waals surface area contributed by atoms with Crippen LogP contribution < -0.4 is 15.1 Å². The Morgan fingerprint density at radius 2 is 1.68 bits per heavy atom. The number of anilines is 3. The molecule has 0 unspecified atom stereocenters. The lowest BCUT2D eigenvalue weighted by atomic mass is 10.1. The molecule has 38 heavy (non-hydrogen) atoms. The number of benzene rings is 2. The minimum Gasteiger partial charge on any atom is -0.364 e. The van der Waals surface area contributed by atoms with Gasteiger partial charge in [0.05, 0.1) is 10.1 Å². The van der Waals surface area contributed by atoms with E-state index in [2.05, 4.69) is 27.4 Å². The van der Waals surface area contributed by atoms with Gasteiger partial charge in [-0.05, 0) is 53.4 Å². The van der Waals surface area contributed by atoms with E-state index < -0.39 is 0 Å². The summed E-state index contributed by atoms with van der Waals surface area (Å²) in [5.74, 6) is 1.41. The van der Waals surface area contributed by atoms with Crippen LogP contribution in [-0.2, 0) is 0 Å². The van der Waals surface area contributed by atoms with Gasteiger partial charge in [0.1, 0.15) is 29.0 Å². The normalized spacial score (nSPS) is 14.1. The molecule has 1 aliphatic rings. The fraction of sp³-hybridized carbons (Fsp3) is 0. The van der Waals surface area contributed by atoms with E-state index in [0.29, 0.717) is 39.3 Å². The van der Waals surface area contributed by atoms with Crippen molar-refractivity contribution in [2.75, 3.05) is 15.1 Å². The van der Waals surface area contributed by atoms with Gasteiger partial charge in [-0.1, -0.05) is 34.6 Å². The number of hydrogen-bond acceptors (Lipinski definition) is 13. The van der Waals surface area contributed by atoms with Crippen molar-refractivity contribution < 1.29 is 9.05 Å². The van der Waals surface area contributed by atoms with Gasteiger partial charge in [-0.25, -0.2) is 15.0 Å². The van der Waals surface area contributed by atoms with Gasteiger partial charge in [0.25, 0.3) is 0 Å². The maximum atomic E-state index is 5.78. The third kappa shape index (κ3) is 3.13. The Hall–Kier alpha value is -4.59. The molecule has 10 nitrogen and oxygen atoms in total. The highest BCUT2D eigenvalue weighted by atomic mass is 32.1. The van der Waals surface area contributed by atoms with Crippen LogP contribution in [0.4, 0.5) is 16.8 Å². The Balaban J connectivity index is 1.51. The van der Waals surface area contributed by atoms with Crippen molar-refractivity contribution in [1.82, 2.24) is 24.0 Å². The molecule has 0 radical (unpaired) electrons. The van der Waals surface area contributed by atoms with E-state index >= 15 is 0 Å². The Bertz CT molecular complexity index is 1910. The Morgan fingerprint density at radius 1 is 0.789 bits per heavy atom. The van der Waals surface area contributed by atoms with Crippen LogP contribution in [0.5, 0.6) is 0 Å². The number of para-hydroxylation sites is 1. The van der Waals surface area contributed by atoms with Gasteiger partial charge in [0.15, 0.2) is 17.2 Å². The van der Waals surface area contributed by atoms with E-state index in [4.69, 9.17) is 17.8 Å². The van der Waals surface area contributed by atoms with Crippen molar-refractivity contribution in [2.45, 2.75) is 0 Å². The third-order valence-electron chi connectivity index (χ3n) is 6.10. The van der Waals surface area contributed by atoms with Crippen molar-refractivity contribution >= 4 is 83.6 Å². The van der Waals surface area contributed by atoms with Crippen molar-refractivity contribution in [3.05, 3.63) is 95.3 Å². The molecule has 0 fully saturated rings. The molecule has 0 saturated carbocycles. The standard InChI is InChI=1S/C25H14N8O2S3/c1-3-7-18-15(5-1)21(28-35-18)23-22(17-9-12-34-27-17)31(24-16-6-2-4-8-19(16)38-30-24)33(20-10-13-37-29-20)32(23)25-26-11-14-36-25/h1-14H. The molecule has 0 amide bonds. The molecule has 6 heterocycles. The molecule has 0 bridgehead atoms. The van der Waals surface area contributed by atoms with Gasteiger partial charge in [-0.15, -0.1) is 11.3 Å². The zero-order valence-corrected chi connectivity index (χ0v) is 21.7. The maximum absolute atomic E-state index is 5.78. The number of aromatic nitrogens is 5. The minimum atomic E-state index is 0.600. The quantitative estimate of drug-likeness (QED) is 0.233. The zero-order valence-electron chi connectivity index (χ0n) is 19.2. The van der Waals surface area contributed by atoms with Crippen LogP contribution in [0.3, 0.4) is 0 Å². The van der Waals surface area contributed by atoms with Gasteiger partial charge in [-0.2, -0.15) is 13.9 Å². The summed E-state index contributed by atoms with van der Waals surface area (Å²) in [6.07, 6.45) is 3.33. The van der Waals surface area contributed by atoms with E-state index in [1.54, 1.807) is 12.5 Å². The second-order valence-corrected chi connectivity index (χ2v) is 10.5. The monoisotopic (exact) mass is 554 g/mol. The molecule has 1 aliphatic heterocycles. The Kier molecular flexibility index (Phi) is 4.80. The molecule has 7 aromatic rings. The van der Waals surface area contributed by atoms with Gasteiger partial charge in [-0.3, -0.25) is 0 Å². The Labute approximate surface area is 226 Å². The van der Waals surface area contributed by atoms with Crippen LogP contribution in [0.2, 0.25) is 0 Å². The van der Waals surface area contributed by atoms with E-state index in [0.717, 1.165) is 21.3 Å². The second-order valence-electron chi connectivity index (χ2n) is 8.20. The summed E-state index contributed by atoms with van der Waals surface area (Å²) in [4.78, 5) is 4.69. The van der Waals surface area contributed by atoms with Crippen LogP contribution in [-0.4, -0.2) is 24.0 Å². The lowest BCUT2D eigenvalue weighted by molar-refractivity contribution is 0.417. The van der Waals surface area contributed by atoms with Crippen molar-refractivity contribution in [2.24, 2.45) is 0 Å². The van der Waals surface area contributed by atoms with Gasteiger partial charge < -0.3 is 9.05 Å². The summed E-state index contributed by atoms with van der Waals surface area (Å²) < 4.78 is 21.8. The number of hydrogen-bond donors (Lipinski definition) is 0. The average Bonchev–Trinajstić information content (AvgIpc) is 3.79. The first-order chi connectivity index (χ1) is 18.9. The highest BCUT2D eigenvalue weighted by Gasteiger charge is 2.46. The molecular formula is C25H14N8O2S3. The maximum Gasteiger partial charge on any atom is 0.210 e. The highest BCUT2D eigenvalue weighted by molar-refractivity contribution is 7.14. The van der Waals surface area contributed by atoms with Crippen LogP contribution in [0.15, 0.2) is 92.9 Å². The third-order valence-corrected chi connectivity index (χ3v) is 8.21. The first kappa shape index (κ1) is 21.5. The van der Waals surface area contributed by atoms with Crippen LogP contribution in [0, 0.1) is 0 Å². The first-order valence-corrected chi connectivity index (χ1v) is 13.9. The molecular weight excluding hydrogens is 541 g/mol. The molecule has 5 aromatic heterocycles. The van der Waals surface area contributed by atoms with Crippen LogP contribution in [0.25, 0.3) is 32.4 Å². The predicted octanol–water partition coefficient (Wildman–Crippen LogP) is 6.53. The summed E-state index contributed by atoms with van der Waals surface area (Å²) in [6, 6.07) is 19.7. The lowest BCUT2D eigenvalue weighted by Crippen LogP contribution is -2.47. The molecule has 13 heteroatoms. The lowest BCUT2D eigenvalue weighted by Gasteiger charge is -2.34. The van der Waals surface area contributed by atoms with Gasteiger partial charge in [0.2, 0.25) is 5.13 Å². The molecule has 0 saturated heterocycles. The summed E-state index contributed by atoms with van der Waals surface area (Å²) in [5.41, 5.74) is 3.33. The fourth-order valence-electron chi connectivity index (χ4n) is 4.55. The number of fused-ring (bicyclic) bond motifs is 2. The number of hydrazine groups is 2. The number of thiazole rings is 1. The van der Waals surface area contributed by atoms with E-state index in [-0.39, 0.29) is 0 Å². The Morgan fingerprint density at radius 3 is 2.50 bits per heavy atom. The second kappa shape index (κ2) is 8.48. The van der Waals surface area contributed by atoms with E-state index in [1.165, 1.54) is 34.4 Å². The van der Waals surface area contributed by atoms with Gasteiger partial charge in [0, 0.05) is 28.4 Å². The number of nitrogens with zero attached hydrogens (tertiary/aromatic N) is 8. The molecule has 8 rings (SSSR count). The molecule has 0 aliphatic carbocycles. The largest absolute Gasteiger partial charge is 0.364 e. The molecule has 2 aromatic carbocycles. The number of rotatable bonds is 5. The summed E-state index contributed by atoms with van der Waals surface area (Å²) >= 11 is 4.29. The smallest absolute Gasteiger partial charge is 0.210 e.